The number of methoxy groups -OCH3 is 1. The van der Waals surface area contributed by atoms with E-state index in [9.17, 15) is 0 Å². The van der Waals surface area contributed by atoms with Gasteiger partial charge in [-0.25, -0.2) is 0 Å². The Labute approximate surface area is 137 Å². The number of pyridine rings is 1. The molecular formula is C19H23N3O. The lowest BCUT2D eigenvalue weighted by molar-refractivity contribution is 0.414. The quantitative estimate of drug-likeness (QED) is 0.921. The first-order valence-corrected chi connectivity index (χ1v) is 7.95. The number of hydrogen-bond acceptors (Lipinski definition) is 4. The molecule has 23 heavy (non-hydrogen) atoms. The summed E-state index contributed by atoms with van der Waals surface area (Å²) in [4.78, 5) is 9.37. The number of aromatic nitrogens is 1. The van der Waals surface area contributed by atoms with Gasteiger partial charge in [-0.1, -0.05) is 18.2 Å². The Morgan fingerprint density at radius 2 is 2.09 bits per heavy atom. The number of aliphatic imine (C=N–C) groups is 1. The minimum Gasteiger partial charge on any atom is -0.497 e. The number of hydrogen-bond donors (Lipinski definition) is 1. The lowest BCUT2D eigenvalue weighted by Gasteiger charge is -2.18. The Kier molecular flexibility index (Phi) is 4.33. The van der Waals surface area contributed by atoms with Crippen LogP contribution < -0.4 is 10.1 Å². The standard InChI is InChI=1S/C19H23N3O/c1-19(2)13-21-18(22-19)12-16(17-9-4-5-10-20-17)14-7-6-8-15(11-14)23-3/h4-11,16H,12-13H2,1-3H3,(H,21,22). The van der Waals surface area contributed by atoms with Gasteiger partial charge in [0.25, 0.3) is 0 Å². The van der Waals surface area contributed by atoms with Crippen molar-refractivity contribution in [1.82, 2.24) is 10.3 Å². The van der Waals surface area contributed by atoms with Crippen molar-refractivity contribution in [2.24, 2.45) is 4.99 Å². The number of benzene rings is 1. The molecule has 120 valence electrons. The first-order valence-electron chi connectivity index (χ1n) is 7.95. The van der Waals surface area contributed by atoms with Gasteiger partial charge in [-0.15, -0.1) is 0 Å². The Bertz CT molecular complexity index is 695. The average Bonchev–Trinajstić information content (AvgIpc) is 2.92. The zero-order valence-electron chi connectivity index (χ0n) is 13.9. The molecule has 0 saturated heterocycles. The maximum atomic E-state index is 5.38. The summed E-state index contributed by atoms with van der Waals surface area (Å²) in [5.74, 6) is 2.07. The van der Waals surface area contributed by atoms with Gasteiger partial charge < -0.3 is 10.1 Å². The molecule has 2 aromatic rings. The van der Waals surface area contributed by atoms with Crippen LogP contribution in [-0.4, -0.2) is 30.0 Å². The van der Waals surface area contributed by atoms with Crippen molar-refractivity contribution in [2.45, 2.75) is 31.7 Å². The molecule has 0 bridgehead atoms. The van der Waals surface area contributed by atoms with Crippen LogP contribution >= 0.6 is 0 Å². The van der Waals surface area contributed by atoms with Gasteiger partial charge in [0.2, 0.25) is 0 Å². The Hall–Kier alpha value is -2.36. The summed E-state index contributed by atoms with van der Waals surface area (Å²) in [5.41, 5.74) is 2.21. The predicted molar refractivity (Wildman–Crippen MR) is 93.2 cm³/mol. The minimum absolute atomic E-state index is 0.0294. The van der Waals surface area contributed by atoms with Gasteiger partial charge in [0, 0.05) is 30.8 Å². The average molecular weight is 309 g/mol. The molecule has 1 aromatic heterocycles. The first-order chi connectivity index (χ1) is 11.1. The van der Waals surface area contributed by atoms with Crippen molar-refractivity contribution < 1.29 is 4.74 Å². The van der Waals surface area contributed by atoms with Crippen molar-refractivity contribution >= 4 is 5.84 Å². The number of rotatable bonds is 5. The van der Waals surface area contributed by atoms with Crippen LogP contribution in [0.4, 0.5) is 0 Å². The maximum absolute atomic E-state index is 5.38. The molecule has 0 aliphatic carbocycles. The number of nitrogens with one attached hydrogen (secondary N) is 1. The van der Waals surface area contributed by atoms with Gasteiger partial charge in [0.15, 0.2) is 0 Å². The van der Waals surface area contributed by atoms with Crippen molar-refractivity contribution in [3.05, 3.63) is 59.9 Å². The van der Waals surface area contributed by atoms with Crippen molar-refractivity contribution in [1.29, 1.82) is 0 Å². The number of amidine groups is 1. The van der Waals surface area contributed by atoms with Gasteiger partial charge >= 0.3 is 0 Å². The highest BCUT2D eigenvalue weighted by Gasteiger charge is 2.27. The van der Waals surface area contributed by atoms with Crippen LogP contribution in [0.1, 0.15) is 37.4 Å². The Morgan fingerprint density at radius 1 is 1.22 bits per heavy atom. The number of ether oxygens (including phenoxy) is 1. The van der Waals surface area contributed by atoms with Crippen LogP contribution in [0.3, 0.4) is 0 Å². The van der Waals surface area contributed by atoms with Gasteiger partial charge in [0.05, 0.1) is 18.5 Å². The van der Waals surface area contributed by atoms with E-state index >= 15 is 0 Å². The van der Waals surface area contributed by atoms with Crippen LogP contribution in [0.25, 0.3) is 0 Å². The molecule has 0 saturated carbocycles. The van der Waals surface area contributed by atoms with E-state index in [0.717, 1.165) is 30.2 Å². The molecule has 4 heteroatoms. The highest BCUT2D eigenvalue weighted by Crippen LogP contribution is 2.30. The molecule has 1 aliphatic rings. The maximum Gasteiger partial charge on any atom is 0.119 e. The number of nitrogens with zero attached hydrogens (tertiary/aromatic N) is 2. The highest BCUT2D eigenvalue weighted by molar-refractivity contribution is 5.85. The van der Waals surface area contributed by atoms with E-state index in [0.29, 0.717) is 0 Å². The Morgan fingerprint density at radius 3 is 2.74 bits per heavy atom. The third-order valence-electron chi connectivity index (χ3n) is 4.10. The van der Waals surface area contributed by atoms with Crippen LogP contribution in [-0.2, 0) is 0 Å². The van der Waals surface area contributed by atoms with E-state index in [1.165, 1.54) is 5.56 Å². The van der Waals surface area contributed by atoms with Crippen molar-refractivity contribution in [3.8, 4) is 5.75 Å². The zero-order chi connectivity index (χ0) is 16.3. The fourth-order valence-electron chi connectivity index (χ4n) is 2.91. The van der Waals surface area contributed by atoms with E-state index in [4.69, 9.17) is 9.73 Å². The van der Waals surface area contributed by atoms with Crippen LogP contribution in [0, 0.1) is 0 Å². The molecule has 1 aromatic carbocycles. The van der Waals surface area contributed by atoms with Crippen molar-refractivity contribution in [2.75, 3.05) is 13.7 Å². The third kappa shape index (κ3) is 3.70. The second kappa shape index (κ2) is 6.41. The second-order valence-electron chi connectivity index (χ2n) is 6.51. The fourth-order valence-corrected chi connectivity index (χ4v) is 2.91. The molecule has 2 heterocycles. The lowest BCUT2D eigenvalue weighted by atomic mass is 9.91. The normalized spacial score (nSPS) is 17.3. The summed E-state index contributed by atoms with van der Waals surface area (Å²) in [6.07, 6.45) is 2.66. The van der Waals surface area contributed by atoms with E-state index in [-0.39, 0.29) is 11.5 Å². The molecular weight excluding hydrogens is 286 g/mol. The summed E-state index contributed by atoms with van der Waals surface area (Å²) in [7, 11) is 1.69. The monoisotopic (exact) mass is 309 g/mol. The van der Waals surface area contributed by atoms with Gasteiger partial charge in [-0.2, -0.15) is 0 Å². The minimum atomic E-state index is -0.0294. The molecule has 1 unspecified atom stereocenters. The van der Waals surface area contributed by atoms with Gasteiger partial charge in [-0.05, 0) is 43.7 Å². The van der Waals surface area contributed by atoms with Crippen molar-refractivity contribution in [3.63, 3.8) is 0 Å². The molecule has 1 atom stereocenters. The molecule has 0 amide bonds. The zero-order valence-corrected chi connectivity index (χ0v) is 13.9. The first kappa shape index (κ1) is 15.5. The van der Waals surface area contributed by atoms with E-state index < -0.39 is 0 Å². The molecule has 1 N–H and O–H groups in total. The summed E-state index contributed by atoms with van der Waals surface area (Å²) in [6.45, 7) is 5.18. The SMILES string of the molecule is COc1cccc(C(CC2=NC(C)(C)CN2)c2ccccn2)c1. The Balaban J connectivity index is 1.94. The predicted octanol–water partition coefficient (Wildman–Crippen LogP) is 3.39. The van der Waals surface area contributed by atoms with E-state index in [2.05, 4.69) is 42.3 Å². The van der Waals surface area contributed by atoms with Gasteiger partial charge in [0.1, 0.15) is 5.75 Å². The summed E-state index contributed by atoms with van der Waals surface area (Å²) in [5, 5.41) is 3.44. The topological polar surface area (TPSA) is 46.5 Å². The molecule has 0 spiro atoms. The lowest BCUT2D eigenvalue weighted by Crippen LogP contribution is -2.27. The smallest absolute Gasteiger partial charge is 0.119 e. The molecule has 3 rings (SSSR count). The molecule has 1 aliphatic heterocycles. The molecule has 0 fully saturated rings. The largest absolute Gasteiger partial charge is 0.497 e. The summed E-state index contributed by atoms with van der Waals surface area (Å²) < 4.78 is 5.38. The van der Waals surface area contributed by atoms with Crippen LogP contribution in [0.2, 0.25) is 0 Å². The van der Waals surface area contributed by atoms with Crippen LogP contribution in [0.15, 0.2) is 53.7 Å². The van der Waals surface area contributed by atoms with E-state index in [1.54, 1.807) is 7.11 Å². The fraction of sp³-hybridized carbons (Fsp3) is 0.368. The summed E-state index contributed by atoms with van der Waals surface area (Å²) in [6, 6.07) is 14.3. The van der Waals surface area contributed by atoms with E-state index in [1.807, 2.05) is 30.5 Å². The molecule has 4 nitrogen and oxygen atoms in total. The van der Waals surface area contributed by atoms with Gasteiger partial charge in [-0.3, -0.25) is 9.98 Å². The summed E-state index contributed by atoms with van der Waals surface area (Å²) >= 11 is 0. The third-order valence-corrected chi connectivity index (χ3v) is 4.10. The second-order valence-corrected chi connectivity index (χ2v) is 6.51. The van der Waals surface area contributed by atoms with Crippen LogP contribution in [0.5, 0.6) is 5.75 Å². The molecule has 0 radical (unpaired) electrons. The highest BCUT2D eigenvalue weighted by atomic mass is 16.5.